The molecule has 84 valence electrons. The topological polar surface area (TPSA) is 41.1 Å². The van der Waals surface area contributed by atoms with Crippen LogP contribution in [0, 0.1) is 0 Å². The van der Waals surface area contributed by atoms with Crippen LogP contribution < -0.4 is 10.6 Å². The summed E-state index contributed by atoms with van der Waals surface area (Å²) in [5, 5.41) is 6.28. The highest BCUT2D eigenvalue weighted by Crippen LogP contribution is 2.19. The lowest BCUT2D eigenvalue weighted by molar-refractivity contribution is -0.119. The normalized spacial score (nSPS) is 25.4. The van der Waals surface area contributed by atoms with Crippen LogP contribution in [0.1, 0.15) is 32.6 Å². The van der Waals surface area contributed by atoms with Crippen molar-refractivity contribution in [3.05, 3.63) is 24.9 Å². The lowest BCUT2D eigenvalue weighted by Gasteiger charge is -2.30. The molecule has 3 nitrogen and oxygen atoms in total. The zero-order chi connectivity index (χ0) is 11.3. The van der Waals surface area contributed by atoms with Gasteiger partial charge in [-0.05, 0) is 31.8 Å². The molecule has 0 aromatic rings. The smallest absolute Gasteiger partial charge is 0.217 e. The molecule has 0 aliphatic heterocycles. The predicted octanol–water partition coefficient (Wildman–Crippen LogP) is 1.72. The van der Waals surface area contributed by atoms with Crippen LogP contribution in [0.5, 0.6) is 0 Å². The molecule has 0 aromatic heterocycles. The van der Waals surface area contributed by atoms with Gasteiger partial charge in [-0.1, -0.05) is 13.2 Å². The zero-order valence-electron chi connectivity index (χ0n) is 9.38. The number of allylic oxidation sites excluding steroid dienone is 1. The second-order valence-corrected chi connectivity index (χ2v) is 4.12. The maximum atomic E-state index is 10.9. The van der Waals surface area contributed by atoms with Gasteiger partial charge in [0.25, 0.3) is 0 Å². The second kappa shape index (κ2) is 5.59. The summed E-state index contributed by atoms with van der Waals surface area (Å²) in [4.78, 5) is 10.9. The first-order valence-corrected chi connectivity index (χ1v) is 5.46. The summed E-state index contributed by atoms with van der Waals surface area (Å²) < 4.78 is 0. The van der Waals surface area contributed by atoms with E-state index >= 15 is 0 Å². The molecular weight excluding hydrogens is 188 g/mol. The van der Waals surface area contributed by atoms with Gasteiger partial charge in [-0.15, -0.1) is 0 Å². The predicted molar refractivity (Wildman–Crippen MR) is 62.3 cm³/mol. The Bertz CT molecular complexity index is 252. The van der Waals surface area contributed by atoms with Crippen LogP contribution in [0.3, 0.4) is 0 Å². The summed E-state index contributed by atoms with van der Waals surface area (Å²) >= 11 is 0. The number of carbonyl (C=O) groups is 1. The third-order valence-electron chi connectivity index (χ3n) is 2.77. The van der Waals surface area contributed by atoms with E-state index in [-0.39, 0.29) is 5.91 Å². The molecule has 0 bridgehead atoms. The molecule has 0 aromatic carbocycles. The molecule has 3 heteroatoms. The summed E-state index contributed by atoms with van der Waals surface area (Å²) in [6.07, 6.45) is 5.98. The van der Waals surface area contributed by atoms with Gasteiger partial charge in [0.2, 0.25) is 5.91 Å². The molecule has 1 aliphatic rings. The molecule has 1 fully saturated rings. The molecule has 15 heavy (non-hydrogen) atoms. The highest BCUT2D eigenvalue weighted by Gasteiger charge is 2.21. The Hall–Kier alpha value is -1.25. The number of hydrogen-bond acceptors (Lipinski definition) is 2. The minimum absolute atomic E-state index is 0.0712. The van der Waals surface area contributed by atoms with E-state index in [4.69, 9.17) is 0 Å². The van der Waals surface area contributed by atoms with Crippen LogP contribution in [0.2, 0.25) is 0 Å². The van der Waals surface area contributed by atoms with Crippen LogP contribution >= 0.6 is 0 Å². The standard InChI is InChI=1S/C12H20N2O/c1-4-9(2)13-11-5-7-12(8-6-11)14-10(3)15/h4,11-13H,1-2,5-8H2,3H3,(H,14,15). The van der Waals surface area contributed by atoms with Crippen molar-refractivity contribution in [2.75, 3.05) is 0 Å². The molecule has 1 saturated carbocycles. The fourth-order valence-corrected chi connectivity index (χ4v) is 1.99. The highest BCUT2D eigenvalue weighted by atomic mass is 16.1. The number of nitrogens with one attached hydrogen (secondary N) is 2. The number of rotatable bonds is 4. The monoisotopic (exact) mass is 208 g/mol. The third kappa shape index (κ3) is 4.19. The van der Waals surface area contributed by atoms with Crippen molar-refractivity contribution in [1.29, 1.82) is 0 Å². The molecule has 1 rings (SSSR count). The van der Waals surface area contributed by atoms with Gasteiger partial charge in [-0.3, -0.25) is 4.79 Å². The van der Waals surface area contributed by atoms with E-state index in [1.165, 1.54) is 0 Å². The maximum absolute atomic E-state index is 10.9. The molecule has 2 N–H and O–H groups in total. The summed E-state index contributed by atoms with van der Waals surface area (Å²) in [5.41, 5.74) is 0.887. The van der Waals surface area contributed by atoms with Crippen LogP contribution in [-0.2, 0) is 4.79 Å². The van der Waals surface area contributed by atoms with E-state index < -0.39 is 0 Å². The van der Waals surface area contributed by atoms with Crippen molar-refractivity contribution >= 4 is 5.91 Å². The average Bonchev–Trinajstić information content (AvgIpc) is 2.20. The first kappa shape index (κ1) is 11.8. The maximum Gasteiger partial charge on any atom is 0.217 e. The van der Waals surface area contributed by atoms with Crippen molar-refractivity contribution in [3.8, 4) is 0 Å². The lowest BCUT2D eigenvalue weighted by Crippen LogP contribution is -2.40. The van der Waals surface area contributed by atoms with E-state index in [1.807, 2.05) is 0 Å². The quantitative estimate of drug-likeness (QED) is 0.691. The van der Waals surface area contributed by atoms with E-state index in [9.17, 15) is 4.79 Å². The Morgan fingerprint density at radius 1 is 1.20 bits per heavy atom. The lowest BCUT2D eigenvalue weighted by atomic mass is 9.91. The minimum atomic E-state index is 0.0712. The van der Waals surface area contributed by atoms with Crippen LogP contribution in [-0.4, -0.2) is 18.0 Å². The first-order chi connectivity index (χ1) is 7.11. The molecule has 0 radical (unpaired) electrons. The first-order valence-electron chi connectivity index (χ1n) is 5.46. The van der Waals surface area contributed by atoms with Gasteiger partial charge in [0.1, 0.15) is 0 Å². The molecule has 0 atom stereocenters. The number of carbonyl (C=O) groups excluding carboxylic acids is 1. The Labute approximate surface area is 91.6 Å². The largest absolute Gasteiger partial charge is 0.383 e. The Kier molecular flexibility index (Phi) is 4.40. The third-order valence-corrected chi connectivity index (χ3v) is 2.77. The van der Waals surface area contributed by atoms with E-state index in [0.29, 0.717) is 12.1 Å². The molecule has 0 saturated heterocycles. The van der Waals surface area contributed by atoms with Gasteiger partial charge >= 0.3 is 0 Å². The SMILES string of the molecule is C=CC(=C)NC1CCC(NC(C)=O)CC1. The molecule has 0 spiro atoms. The van der Waals surface area contributed by atoms with Crippen molar-refractivity contribution in [3.63, 3.8) is 0 Å². The average molecular weight is 208 g/mol. The summed E-state index contributed by atoms with van der Waals surface area (Å²) in [5.74, 6) is 0.0712. The zero-order valence-corrected chi connectivity index (χ0v) is 9.38. The fraction of sp³-hybridized carbons (Fsp3) is 0.583. The molecule has 0 unspecified atom stereocenters. The minimum Gasteiger partial charge on any atom is -0.383 e. The highest BCUT2D eigenvalue weighted by molar-refractivity contribution is 5.73. The van der Waals surface area contributed by atoms with Crippen molar-refractivity contribution in [1.82, 2.24) is 10.6 Å². The van der Waals surface area contributed by atoms with Gasteiger partial charge in [-0.25, -0.2) is 0 Å². The van der Waals surface area contributed by atoms with E-state index in [1.54, 1.807) is 13.0 Å². The summed E-state index contributed by atoms with van der Waals surface area (Å²) in [6, 6.07) is 0.845. The van der Waals surface area contributed by atoms with Crippen LogP contribution in [0.4, 0.5) is 0 Å². The van der Waals surface area contributed by atoms with Gasteiger partial charge in [0.15, 0.2) is 0 Å². The van der Waals surface area contributed by atoms with Crippen LogP contribution in [0.25, 0.3) is 0 Å². The summed E-state index contributed by atoms with van der Waals surface area (Å²) in [6.45, 7) is 9.07. The van der Waals surface area contributed by atoms with Gasteiger partial charge in [0, 0.05) is 24.7 Å². The number of amides is 1. The van der Waals surface area contributed by atoms with Gasteiger partial charge < -0.3 is 10.6 Å². The number of hydrogen-bond donors (Lipinski definition) is 2. The van der Waals surface area contributed by atoms with Gasteiger partial charge in [-0.2, -0.15) is 0 Å². The van der Waals surface area contributed by atoms with Gasteiger partial charge in [0.05, 0.1) is 0 Å². The molecule has 1 aliphatic carbocycles. The van der Waals surface area contributed by atoms with Crippen LogP contribution in [0.15, 0.2) is 24.9 Å². The summed E-state index contributed by atoms with van der Waals surface area (Å²) in [7, 11) is 0. The van der Waals surface area contributed by atoms with Crippen molar-refractivity contribution < 1.29 is 4.79 Å². The molecule has 1 amide bonds. The van der Waals surface area contributed by atoms with Crippen molar-refractivity contribution in [2.24, 2.45) is 0 Å². The Balaban J connectivity index is 2.26. The Morgan fingerprint density at radius 3 is 2.07 bits per heavy atom. The second-order valence-electron chi connectivity index (χ2n) is 4.12. The molecule has 0 heterocycles. The van der Waals surface area contributed by atoms with E-state index in [2.05, 4.69) is 23.8 Å². The fourth-order valence-electron chi connectivity index (χ4n) is 1.99. The van der Waals surface area contributed by atoms with Crippen molar-refractivity contribution in [2.45, 2.75) is 44.7 Å². The molecular formula is C12H20N2O. The Morgan fingerprint density at radius 2 is 1.67 bits per heavy atom. The van der Waals surface area contributed by atoms with E-state index in [0.717, 1.165) is 31.4 Å².